The minimum atomic E-state index is 0.537. The summed E-state index contributed by atoms with van der Waals surface area (Å²) in [5, 5.41) is 5.00. The van der Waals surface area contributed by atoms with Crippen molar-refractivity contribution >= 4 is 28.2 Å². The van der Waals surface area contributed by atoms with E-state index >= 15 is 0 Å². The van der Waals surface area contributed by atoms with Crippen LogP contribution in [0.3, 0.4) is 0 Å². The lowest BCUT2D eigenvalue weighted by Gasteiger charge is -2.07. The molecular weight excluding hydrogens is 262 g/mol. The summed E-state index contributed by atoms with van der Waals surface area (Å²) in [5.74, 6) is 1.47. The molecule has 0 atom stereocenters. The van der Waals surface area contributed by atoms with Crippen molar-refractivity contribution in [3.05, 3.63) is 53.3 Å². The predicted octanol–water partition coefficient (Wildman–Crippen LogP) is 3.80. The molecule has 0 amide bonds. The fraction of sp³-hybridized carbons (Fsp3) is 0.143. The van der Waals surface area contributed by atoms with E-state index in [2.05, 4.69) is 15.3 Å². The number of rotatable bonds is 3. The van der Waals surface area contributed by atoms with E-state index in [1.54, 1.807) is 12.4 Å². The number of aryl methyl sites for hydroxylation is 1. The van der Waals surface area contributed by atoms with Crippen molar-refractivity contribution in [2.75, 3.05) is 5.32 Å². The minimum Gasteiger partial charge on any atom is -0.444 e. The summed E-state index contributed by atoms with van der Waals surface area (Å²) >= 11 is 5.96. The minimum absolute atomic E-state index is 0.537. The van der Waals surface area contributed by atoms with Crippen molar-refractivity contribution in [1.82, 2.24) is 9.97 Å². The lowest BCUT2D eigenvalue weighted by Crippen LogP contribution is -2.00. The summed E-state index contributed by atoms with van der Waals surface area (Å²) in [6.07, 6.45) is 3.46. The molecule has 0 radical (unpaired) electrons. The third-order valence-corrected chi connectivity index (χ3v) is 3.04. The van der Waals surface area contributed by atoms with Crippen molar-refractivity contribution in [3.8, 4) is 0 Å². The highest BCUT2D eigenvalue weighted by atomic mass is 35.5. The molecule has 0 aliphatic heterocycles. The molecular formula is C14H12ClN3O. The van der Waals surface area contributed by atoms with Crippen LogP contribution in [-0.4, -0.2) is 9.97 Å². The number of hydrogen-bond donors (Lipinski definition) is 1. The Hall–Kier alpha value is -2.07. The largest absolute Gasteiger partial charge is 0.444 e. The van der Waals surface area contributed by atoms with Crippen LogP contribution < -0.4 is 5.32 Å². The maximum atomic E-state index is 5.96. The van der Waals surface area contributed by atoms with Crippen molar-refractivity contribution in [1.29, 1.82) is 0 Å². The van der Waals surface area contributed by atoms with Gasteiger partial charge < -0.3 is 9.73 Å². The molecule has 96 valence electrons. The molecule has 3 rings (SSSR count). The van der Waals surface area contributed by atoms with Crippen LogP contribution in [0.25, 0.3) is 10.9 Å². The van der Waals surface area contributed by atoms with Crippen molar-refractivity contribution in [3.63, 3.8) is 0 Å². The number of benzene rings is 1. The van der Waals surface area contributed by atoms with Gasteiger partial charge in [0.25, 0.3) is 0 Å². The Balaban J connectivity index is 1.88. The van der Waals surface area contributed by atoms with E-state index in [0.29, 0.717) is 17.5 Å². The Labute approximate surface area is 115 Å². The molecule has 1 N–H and O–H groups in total. The second-order valence-corrected chi connectivity index (χ2v) is 4.67. The van der Waals surface area contributed by atoms with E-state index in [9.17, 15) is 0 Å². The Kier molecular flexibility index (Phi) is 3.09. The summed E-state index contributed by atoms with van der Waals surface area (Å²) in [4.78, 5) is 8.46. The third-order valence-electron chi connectivity index (χ3n) is 2.80. The van der Waals surface area contributed by atoms with Crippen molar-refractivity contribution in [2.24, 2.45) is 0 Å². The molecule has 5 heteroatoms. The number of hydrogen-bond acceptors (Lipinski definition) is 4. The molecule has 3 aromatic rings. The first-order valence-electron chi connectivity index (χ1n) is 5.92. The molecule has 19 heavy (non-hydrogen) atoms. The Bertz CT molecular complexity index is 724. The molecule has 0 fully saturated rings. The summed E-state index contributed by atoms with van der Waals surface area (Å²) in [6, 6.07) is 7.57. The monoisotopic (exact) mass is 273 g/mol. The van der Waals surface area contributed by atoms with Gasteiger partial charge in [-0.25, -0.2) is 4.98 Å². The van der Waals surface area contributed by atoms with Crippen molar-refractivity contribution < 1.29 is 4.42 Å². The molecule has 2 heterocycles. The van der Waals surface area contributed by atoms with Gasteiger partial charge in [0.1, 0.15) is 5.76 Å². The average molecular weight is 274 g/mol. The molecule has 0 bridgehead atoms. The number of nitrogens with zero attached hydrogens (tertiary/aromatic N) is 2. The summed E-state index contributed by atoms with van der Waals surface area (Å²) < 4.78 is 5.43. The number of fused-ring (bicyclic) bond motifs is 1. The maximum Gasteiger partial charge on any atom is 0.213 e. The van der Waals surface area contributed by atoms with Gasteiger partial charge in [-0.1, -0.05) is 11.6 Å². The third kappa shape index (κ3) is 2.53. The van der Waals surface area contributed by atoms with Crippen LogP contribution in [0.2, 0.25) is 5.02 Å². The van der Waals surface area contributed by atoms with Gasteiger partial charge >= 0.3 is 0 Å². The maximum absolute atomic E-state index is 5.96. The van der Waals surface area contributed by atoms with E-state index in [0.717, 1.165) is 22.4 Å². The van der Waals surface area contributed by atoms with Gasteiger partial charge in [0, 0.05) is 22.3 Å². The molecule has 1 aromatic carbocycles. The number of halogens is 1. The summed E-state index contributed by atoms with van der Waals surface area (Å²) in [7, 11) is 0. The zero-order valence-corrected chi connectivity index (χ0v) is 11.1. The van der Waals surface area contributed by atoms with Crippen LogP contribution in [-0.2, 0) is 6.54 Å². The first kappa shape index (κ1) is 12.0. The highest BCUT2D eigenvalue weighted by molar-refractivity contribution is 6.31. The predicted molar refractivity (Wildman–Crippen MR) is 75.3 cm³/mol. The second kappa shape index (κ2) is 4.90. The van der Waals surface area contributed by atoms with Gasteiger partial charge in [-0.2, -0.15) is 0 Å². The highest BCUT2D eigenvalue weighted by Gasteiger charge is 2.04. The van der Waals surface area contributed by atoms with E-state index < -0.39 is 0 Å². The molecule has 0 saturated carbocycles. The molecule has 0 saturated heterocycles. The van der Waals surface area contributed by atoms with E-state index in [4.69, 9.17) is 16.0 Å². The van der Waals surface area contributed by atoms with Crippen molar-refractivity contribution in [2.45, 2.75) is 13.5 Å². The van der Waals surface area contributed by atoms with Crippen LogP contribution in [0.4, 0.5) is 5.69 Å². The average Bonchev–Trinajstić information content (AvgIpc) is 2.81. The Morgan fingerprint density at radius 2 is 2.16 bits per heavy atom. The number of nitrogens with one attached hydrogen (secondary N) is 1. The Morgan fingerprint density at radius 3 is 2.95 bits per heavy atom. The van der Waals surface area contributed by atoms with E-state index in [-0.39, 0.29) is 0 Å². The van der Waals surface area contributed by atoms with Gasteiger partial charge in [-0.05, 0) is 31.2 Å². The molecule has 0 spiro atoms. The number of oxazole rings is 1. The van der Waals surface area contributed by atoms with Crippen LogP contribution in [0.15, 0.2) is 41.1 Å². The Morgan fingerprint density at radius 1 is 1.26 bits per heavy atom. The summed E-state index contributed by atoms with van der Waals surface area (Å²) in [6.45, 7) is 2.41. The quantitative estimate of drug-likeness (QED) is 0.789. The second-order valence-electron chi connectivity index (χ2n) is 4.24. The molecule has 2 aromatic heterocycles. The zero-order chi connectivity index (χ0) is 13.2. The topological polar surface area (TPSA) is 51.0 Å². The fourth-order valence-electron chi connectivity index (χ4n) is 1.93. The van der Waals surface area contributed by atoms with Crippen LogP contribution >= 0.6 is 11.6 Å². The number of aromatic nitrogens is 2. The normalized spacial score (nSPS) is 10.8. The summed E-state index contributed by atoms with van der Waals surface area (Å²) in [5.41, 5.74) is 1.85. The van der Waals surface area contributed by atoms with E-state index in [1.807, 2.05) is 31.2 Å². The van der Waals surface area contributed by atoms with Crippen LogP contribution in [0.5, 0.6) is 0 Å². The van der Waals surface area contributed by atoms with Gasteiger partial charge in [0.05, 0.1) is 18.3 Å². The molecule has 0 aliphatic carbocycles. The lowest BCUT2D eigenvalue weighted by molar-refractivity contribution is 0.479. The van der Waals surface area contributed by atoms with Crippen LogP contribution in [0.1, 0.15) is 11.7 Å². The first-order valence-corrected chi connectivity index (χ1v) is 6.29. The van der Waals surface area contributed by atoms with Gasteiger partial charge in [0.2, 0.25) is 5.89 Å². The molecule has 0 unspecified atom stereocenters. The SMILES string of the molecule is Cc1cnc(CNc2ccnc3cc(Cl)ccc23)o1. The first-order chi connectivity index (χ1) is 9.22. The van der Waals surface area contributed by atoms with Crippen LogP contribution in [0, 0.1) is 6.92 Å². The fourth-order valence-corrected chi connectivity index (χ4v) is 2.10. The lowest BCUT2D eigenvalue weighted by atomic mass is 10.2. The number of anilines is 1. The molecule has 4 nitrogen and oxygen atoms in total. The number of pyridine rings is 1. The van der Waals surface area contributed by atoms with E-state index in [1.165, 1.54) is 0 Å². The highest BCUT2D eigenvalue weighted by Crippen LogP contribution is 2.24. The molecule has 0 aliphatic rings. The smallest absolute Gasteiger partial charge is 0.213 e. The van der Waals surface area contributed by atoms with Gasteiger partial charge in [-0.15, -0.1) is 0 Å². The zero-order valence-electron chi connectivity index (χ0n) is 10.4. The van der Waals surface area contributed by atoms with Gasteiger partial charge in [0.15, 0.2) is 0 Å². The standard InChI is InChI=1S/C14H12ClN3O/c1-9-7-18-14(19-9)8-17-12-4-5-16-13-6-10(15)2-3-11(12)13/h2-7H,8H2,1H3,(H,16,17). The van der Waals surface area contributed by atoms with Gasteiger partial charge in [-0.3, -0.25) is 4.98 Å².